The SMILES string of the molecule is CC(C)(CNC(=O)c1cccc(-c2ccc(C(=O)C(F)(F)F)s2)c1)C1COC(c2ccc(F)cc2)=N1. The summed E-state index contributed by atoms with van der Waals surface area (Å²) < 4.78 is 57.0. The van der Waals surface area contributed by atoms with Crippen molar-refractivity contribution >= 4 is 28.9 Å². The molecule has 3 aromatic rings. The largest absolute Gasteiger partial charge is 0.475 e. The van der Waals surface area contributed by atoms with E-state index in [-0.39, 0.29) is 24.3 Å². The number of thiophene rings is 1. The van der Waals surface area contributed by atoms with E-state index in [0.29, 0.717) is 34.1 Å². The minimum absolute atomic E-state index is 0.236. The zero-order valence-corrected chi connectivity index (χ0v) is 20.2. The third-order valence-corrected chi connectivity index (χ3v) is 6.98. The molecule has 0 aliphatic carbocycles. The van der Waals surface area contributed by atoms with E-state index in [9.17, 15) is 27.2 Å². The number of carbonyl (C=O) groups excluding carboxylic acids is 2. The number of carbonyl (C=O) groups is 2. The maximum Gasteiger partial charge on any atom is 0.455 e. The average Bonchev–Trinajstić information content (AvgIpc) is 3.53. The van der Waals surface area contributed by atoms with Crippen molar-refractivity contribution in [2.45, 2.75) is 26.1 Å². The molecule has 0 spiro atoms. The summed E-state index contributed by atoms with van der Waals surface area (Å²) in [5.74, 6) is -2.17. The molecule has 36 heavy (non-hydrogen) atoms. The number of amides is 1. The number of nitrogens with one attached hydrogen (secondary N) is 1. The fourth-order valence-electron chi connectivity index (χ4n) is 3.62. The van der Waals surface area contributed by atoms with Crippen molar-refractivity contribution in [3.63, 3.8) is 0 Å². The second kappa shape index (κ2) is 9.85. The maximum atomic E-state index is 13.2. The Bertz CT molecular complexity index is 1310. The van der Waals surface area contributed by atoms with E-state index in [1.54, 1.807) is 36.4 Å². The molecule has 2 heterocycles. The van der Waals surface area contributed by atoms with Gasteiger partial charge in [0, 0.05) is 28.0 Å². The topological polar surface area (TPSA) is 67.8 Å². The number of benzene rings is 2. The van der Waals surface area contributed by atoms with Crippen molar-refractivity contribution in [2.24, 2.45) is 10.4 Å². The van der Waals surface area contributed by atoms with Crippen LogP contribution >= 0.6 is 11.3 Å². The molecule has 0 saturated heterocycles. The van der Waals surface area contributed by atoms with Crippen molar-refractivity contribution in [2.75, 3.05) is 13.2 Å². The number of hydrogen-bond donors (Lipinski definition) is 1. The number of aliphatic imine (C=N–C) groups is 1. The lowest BCUT2D eigenvalue weighted by atomic mass is 9.85. The van der Waals surface area contributed by atoms with Crippen LogP contribution in [0.25, 0.3) is 10.4 Å². The highest BCUT2D eigenvalue weighted by Gasteiger charge is 2.40. The predicted molar refractivity (Wildman–Crippen MR) is 129 cm³/mol. The van der Waals surface area contributed by atoms with Crippen molar-refractivity contribution in [1.29, 1.82) is 0 Å². The first-order valence-corrected chi connectivity index (χ1v) is 11.8. The standard InChI is InChI=1S/C26H22F4N2O3S/c1-25(2,21-13-35-24(32-21)15-6-8-18(27)9-7-15)14-31-23(34)17-5-3-4-16(12-17)19-10-11-20(36-19)22(33)26(28,29)30/h3-12,21H,13-14H2,1-2H3,(H,31,34). The Balaban J connectivity index is 1.42. The van der Waals surface area contributed by atoms with Crippen LogP contribution < -0.4 is 5.32 Å². The lowest BCUT2D eigenvalue weighted by Crippen LogP contribution is -2.41. The fraction of sp³-hybridized carbons (Fsp3) is 0.269. The molecule has 5 nitrogen and oxygen atoms in total. The molecule has 1 unspecified atom stereocenters. The molecule has 1 aliphatic heterocycles. The van der Waals surface area contributed by atoms with Crippen LogP contribution in [0.5, 0.6) is 0 Å². The Morgan fingerprint density at radius 2 is 1.78 bits per heavy atom. The number of hydrogen-bond acceptors (Lipinski definition) is 5. The highest BCUT2D eigenvalue weighted by Crippen LogP contribution is 2.33. The number of Topliss-reactive ketones (excluding diaryl/α,β-unsaturated/α-hetero) is 1. The van der Waals surface area contributed by atoms with Crippen LogP contribution in [0.1, 0.15) is 39.4 Å². The second-order valence-corrected chi connectivity index (χ2v) is 10.1. The number of halogens is 4. The molecule has 1 atom stereocenters. The fourth-order valence-corrected chi connectivity index (χ4v) is 4.58. The van der Waals surface area contributed by atoms with E-state index in [4.69, 9.17) is 4.74 Å². The van der Waals surface area contributed by atoms with Gasteiger partial charge in [0.2, 0.25) is 5.90 Å². The summed E-state index contributed by atoms with van der Waals surface area (Å²) >= 11 is 0.724. The van der Waals surface area contributed by atoms with Gasteiger partial charge in [0.25, 0.3) is 11.7 Å². The van der Waals surface area contributed by atoms with E-state index < -0.39 is 22.3 Å². The molecule has 2 aromatic carbocycles. The molecule has 188 valence electrons. The summed E-state index contributed by atoms with van der Waals surface area (Å²) in [6.45, 7) is 4.50. The molecular weight excluding hydrogens is 496 g/mol. The van der Waals surface area contributed by atoms with Gasteiger partial charge in [-0.25, -0.2) is 9.38 Å². The van der Waals surface area contributed by atoms with Gasteiger partial charge in [-0.3, -0.25) is 9.59 Å². The summed E-state index contributed by atoms with van der Waals surface area (Å²) in [5, 5.41) is 2.89. The molecule has 0 bridgehead atoms. The normalized spacial score (nSPS) is 15.8. The number of alkyl halides is 3. The van der Waals surface area contributed by atoms with Crippen LogP contribution in [-0.2, 0) is 4.74 Å². The molecule has 1 aliphatic rings. The first-order chi connectivity index (χ1) is 16.9. The number of nitrogens with zero attached hydrogens (tertiary/aromatic N) is 1. The summed E-state index contributed by atoms with van der Waals surface area (Å²) in [6, 6.07) is 14.6. The number of rotatable bonds is 7. The number of ether oxygens (including phenoxy) is 1. The Labute approximate surface area is 208 Å². The summed E-state index contributed by atoms with van der Waals surface area (Å²) in [6.07, 6.45) is -4.94. The average molecular weight is 519 g/mol. The Kier molecular flexibility index (Phi) is 6.99. The molecule has 4 rings (SSSR count). The van der Waals surface area contributed by atoms with Crippen molar-refractivity contribution in [3.05, 3.63) is 82.5 Å². The summed E-state index contributed by atoms with van der Waals surface area (Å²) in [4.78, 5) is 29.0. The van der Waals surface area contributed by atoms with Gasteiger partial charge in [0.1, 0.15) is 12.4 Å². The van der Waals surface area contributed by atoms with Gasteiger partial charge in [-0.15, -0.1) is 11.3 Å². The van der Waals surface area contributed by atoms with E-state index >= 15 is 0 Å². The van der Waals surface area contributed by atoms with Gasteiger partial charge in [0.05, 0.1) is 10.9 Å². The van der Waals surface area contributed by atoms with Crippen molar-refractivity contribution < 1.29 is 31.9 Å². The molecule has 0 fully saturated rings. The van der Waals surface area contributed by atoms with Gasteiger partial charge in [0.15, 0.2) is 0 Å². The number of ketones is 1. The first kappa shape index (κ1) is 25.6. The first-order valence-electron chi connectivity index (χ1n) is 11.0. The van der Waals surface area contributed by atoms with Gasteiger partial charge >= 0.3 is 6.18 Å². The third kappa shape index (κ3) is 5.64. The quantitative estimate of drug-likeness (QED) is 0.313. The van der Waals surface area contributed by atoms with Crippen LogP contribution in [0.15, 0.2) is 65.7 Å². The molecule has 1 aromatic heterocycles. The minimum atomic E-state index is -4.94. The van der Waals surface area contributed by atoms with E-state index in [1.165, 1.54) is 18.2 Å². The van der Waals surface area contributed by atoms with Crippen LogP contribution in [0.3, 0.4) is 0 Å². The van der Waals surface area contributed by atoms with E-state index in [1.807, 2.05) is 13.8 Å². The molecule has 0 saturated carbocycles. The monoisotopic (exact) mass is 518 g/mol. The zero-order chi connectivity index (χ0) is 26.1. The second-order valence-electron chi connectivity index (χ2n) is 9.01. The lowest BCUT2D eigenvalue weighted by Gasteiger charge is -2.28. The molecular formula is C26H22F4N2O3S. The highest BCUT2D eigenvalue weighted by molar-refractivity contribution is 7.17. The zero-order valence-electron chi connectivity index (χ0n) is 19.4. The van der Waals surface area contributed by atoms with Gasteiger partial charge in [-0.05, 0) is 54.1 Å². The van der Waals surface area contributed by atoms with Crippen LogP contribution in [-0.4, -0.2) is 43.0 Å². The van der Waals surface area contributed by atoms with Crippen LogP contribution in [0.2, 0.25) is 0 Å². The van der Waals surface area contributed by atoms with Gasteiger partial charge < -0.3 is 10.1 Å². The van der Waals surface area contributed by atoms with Gasteiger partial charge in [-0.1, -0.05) is 26.0 Å². The van der Waals surface area contributed by atoms with Crippen LogP contribution in [0.4, 0.5) is 17.6 Å². The smallest absolute Gasteiger partial charge is 0.455 e. The highest BCUT2D eigenvalue weighted by atomic mass is 32.1. The maximum absolute atomic E-state index is 13.2. The van der Waals surface area contributed by atoms with Crippen molar-refractivity contribution in [1.82, 2.24) is 5.32 Å². The summed E-state index contributed by atoms with van der Waals surface area (Å²) in [7, 11) is 0. The molecule has 10 heteroatoms. The Morgan fingerprint density at radius 1 is 1.06 bits per heavy atom. The summed E-state index contributed by atoms with van der Waals surface area (Å²) in [5.41, 5.74) is 1.07. The lowest BCUT2D eigenvalue weighted by molar-refractivity contribution is -0.0882. The van der Waals surface area contributed by atoms with Crippen molar-refractivity contribution in [3.8, 4) is 10.4 Å². The Morgan fingerprint density at radius 3 is 2.47 bits per heavy atom. The van der Waals surface area contributed by atoms with E-state index in [0.717, 1.165) is 17.4 Å². The minimum Gasteiger partial charge on any atom is -0.475 e. The molecule has 1 N–H and O–H groups in total. The van der Waals surface area contributed by atoms with E-state index in [2.05, 4.69) is 10.3 Å². The Hall–Kier alpha value is -3.53. The van der Waals surface area contributed by atoms with Crippen LogP contribution in [0, 0.1) is 11.2 Å². The van der Waals surface area contributed by atoms with Gasteiger partial charge in [-0.2, -0.15) is 13.2 Å². The molecule has 0 radical (unpaired) electrons. The predicted octanol–water partition coefficient (Wildman–Crippen LogP) is 5.90. The molecule has 1 amide bonds. The third-order valence-electron chi connectivity index (χ3n) is 5.85.